The molecule has 0 spiro atoms. The topological polar surface area (TPSA) is 37.3 Å². The summed E-state index contributed by atoms with van der Waals surface area (Å²) in [6, 6.07) is 0. The number of hydrogen-bond acceptors (Lipinski definition) is 1. The first-order valence-corrected chi connectivity index (χ1v) is 23.5. The van der Waals surface area contributed by atoms with E-state index in [-0.39, 0.29) is 5.92 Å². The van der Waals surface area contributed by atoms with Gasteiger partial charge in [-0.15, -0.1) is 0 Å². The average molecular weight is 705 g/mol. The van der Waals surface area contributed by atoms with Crippen molar-refractivity contribution in [3.05, 3.63) is 12.2 Å². The van der Waals surface area contributed by atoms with E-state index in [1.54, 1.807) is 0 Å². The van der Waals surface area contributed by atoms with Crippen LogP contribution in [-0.2, 0) is 4.79 Å². The molecule has 2 nitrogen and oxygen atoms in total. The van der Waals surface area contributed by atoms with Gasteiger partial charge >= 0.3 is 5.97 Å². The van der Waals surface area contributed by atoms with Gasteiger partial charge in [-0.1, -0.05) is 264 Å². The molecular weight excluding hydrogens is 609 g/mol. The Bertz CT molecular complexity index is 626. The molecule has 1 atom stereocenters. The highest BCUT2D eigenvalue weighted by Gasteiger charge is 2.16. The van der Waals surface area contributed by atoms with Crippen molar-refractivity contribution in [1.82, 2.24) is 0 Å². The molecule has 0 aliphatic heterocycles. The molecule has 0 aromatic carbocycles. The lowest BCUT2D eigenvalue weighted by molar-refractivity contribution is -0.142. The molecule has 0 heterocycles. The summed E-state index contributed by atoms with van der Waals surface area (Å²) < 4.78 is 0. The van der Waals surface area contributed by atoms with E-state index in [9.17, 15) is 9.90 Å². The Morgan fingerprint density at radius 1 is 0.380 bits per heavy atom. The second-order valence-electron chi connectivity index (χ2n) is 16.0. The van der Waals surface area contributed by atoms with Gasteiger partial charge < -0.3 is 5.11 Å². The zero-order valence-electron chi connectivity index (χ0n) is 35.4. The van der Waals surface area contributed by atoms with Crippen LogP contribution in [0.4, 0.5) is 0 Å². The zero-order valence-corrected chi connectivity index (χ0v) is 35.4. The predicted octanol–water partition coefficient (Wildman–Crippen LogP) is 17.9. The largest absolute Gasteiger partial charge is 0.481 e. The molecule has 0 aromatic rings. The van der Waals surface area contributed by atoms with E-state index < -0.39 is 5.97 Å². The van der Waals surface area contributed by atoms with Crippen molar-refractivity contribution in [3.8, 4) is 0 Å². The number of aliphatic carboxylic acids is 1. The normalized spacial score (nSPS) is 12.0. The van der Waals surface area contributed by atoms with Crippen LogP contribution in [0.1, 0.15) is 285 Å². The Balaban J connectivity index is 0. The summed E-state index contributed by atoms with van der Waals surface area (Å²) in [4.78, 5) is 11.6. The fourth-order valence-corrected chi connectivity index (χ4v) is 7.30. The van der Waals surface area contributed by atoms with E-state index in [1.165, 1.54) is 231 Å². The van der Waals surface area contributed by atoms with E-state index in [1.807, 2.05) is 0 Å². The van der Waals surface area contributed by atoms with Crippen molar-refractivity contribution in [2.24, 2.45) is 5.92 Å². The molecule has 0 aliphatic rings. The molecule has 0 rings (SSSR count). The maximum Gasteiger partial charge on any atom is 0.306 e. The highest BCUT2D eigenvalue weighted by molar-refractivity contribution is 5.69. The number of allylic oxidation sites excluding steroid dienone is 2. The van der Waals surface area contributed by atoms with Crippen LogP contribution in [-0.4, -0.2) is 11.1 Å². The molecule has 0 radical (unpaired) electrons. The minimum atomic E-state index is -0.558. The van der Waals surface area contributed by atoms with Gasteiger partial charge in [0.05, 0.1) is 5.92 Å². The highest BCUT2D eigenvalue weighted by atomic mass is 16.4. The van der Waals surface area contributed by atoms with Crippen molar-refractivity contribution < 1.29 is 9.90 Å². The third-order valence-electron chi connectivity index (χ3n) is 10.9. The van der Waals surface area contributed by atoms with Crippen molar-refractivity contribution in [2.75, 3.05) is 0 Å². The predicted molar refractivity (Wildman–Crippen MR) is 228 cm³/mol. The summed E-state index contributed by atoms with van der Waals surface area (Å²) in [7, 11) is 0. The summed E-state index contributed by atoms with van der Waals surface area (Å²) >= 11 is 0. The summed E-state index contributed by atoms with van der Waals surface area (Å²) in [5.74, 6) is -0.655. The standard InChI is InChI=1S/C34H68O2.C14H28/c1-3-5-7-9-11-13-15-16-17-18-19-20-21-22-24-26-28-30-32-33(34(35)36)31-29-27-25-23-14-12-10-8-6-4-2;1-3-5-7-9-11-13-14-12-10-8-6-4-2/h33H,3-32H2,1-2H3,(H,35,36);3,5H,4,6-14H2,1-2H3. The van der Waals surface area contributed by atoms with Gasteiger partial charge in [0.25, 0.3) is 0 Å². The quantitative estimate of drug-likeness (QED) is 0.0508. The molecule has 1 unspecified atom stereocenters. The SMILES string of the molecule is CC=CCCCCCCCCCCC.CCCCCCCCCCCCCCCCCCCCC(CCCCCCCCCCCC)C(=O)O. The lowest BCUT2D eigenvalue weighted by Crippen LogP contribution is -2.13. The summed E-state index contributed by atoms with van der Waals surface area (Å²) in [5.41, 5.74) is 0. The maximum absolute atomic E-state index is 11.6. The van der Waals surface area contributed by atoms with E-state index in [0.29, 0.717) is 0 Å². The molecule has 300 valence electrons. The second-order valence-corrected chi connectivity index (χ2v) is 16.0. The van der Waals surface area contributed by atoms with Crippen molar-refractivity contribution >= 4 is 5.97 Å². The van der Waals surface area contributed by atoms with Gasteiger partial charge in [0.2, 0.25) is 0 Å². The average Bonchev–Trinajstić information content (AvgIpc) is 3.12. The Hall–Kier alpha value is -0.790. The molecule has 0 bridgehead atoms. The minimum Gasteiger partial charge on any atom is -0.481 e. The highest BCUT2D eigenvalue weighted by Crippen LogP contribution is 2.20. The smallest absolute Gasteiger partial charge is 0.306 e. The Morgan fingerprint density at radius 3 is 0.820 bits per heavy atom. The maximum atomic E-state index is 11.6. The van der Waals surface area contributed by atoms with E-state index in [2.05, 4.69) is 39.8 Å². The number of carbonyl (C=O) groups is 1. The first-order chi connectivity index (χ1) is 24.6. The van der Waals surface area contributed by atoms with Crippen LogP contribution in [0.25, 0.3) is 0 Å². The van der Waals surface area contributed by atoms with E-state index in [0.717, 1.165) is 25.7 Å². The molecule has 0 aromatic heterocycles. The lowest BCUT2D eigenvalue weighted by atomic mass is 9.94. The van der Waals surface area contributed by atoms with Crippen molar-refractivity contribution in [1.29, 1.82) is 0 Å². The fraction of sp³-hybridized carbons (Fsp3) is 0.938. The van der Waals surface area contributed by atoms with Crippen LogP contribution in [0.3, 0.4) is 0 Å². The third kappa shape index (κ3) is 47.2. The second kappa shape index (κ2) is 48.2. The van der Waals surface area contributed by atoms with Gasteiger partial charge in [-0.05, 0) is 32.6 Å². The van der Waals surface area contributed by atoms with E-state index >= 15 is 0 Å². The fourth-order valence-electron chi connectivity index (χ4n) is 7.30. The van der Waals surface area contributed by atoms with Crippen LogP contribution in [0.2, 0.25) is 0 Å². The molecule has 50 heavy (non-hydrogen) atoms. The third-order valence-corrected chi connectivity index (χ3v) is 10.9. The van der Waals surface area contributed by atoms with Gasteiger partial charge in [0.15, 0.2) is 0 Å². The van der Waals surface area contributed by atoms with Crippen LogP contribution >= 0.6 is 0 Å². The minimum absolute atomic E-state index is 0.0971. The summed E-state index contributed by atoms with van der Waals surface area (Å²) in [6.45, 7) is 8.94. The molecule has 0 aliphatic carbocycles. The number of unbranched alkanes of at least 4 members (excludes halogenated alkanes) is 35. The first kappa shape index (κ1) is 51.3. The Kier molecular flexibility index (Phi) is 49.5. The number of rotatable bonds is 41. The molecule has 0 amide bonds. The Labute approximate surface area is 317 Å². The molecule has 0 saturated carbocycles. The molecule has 1 N–H and O–H groups in total. The van der Waals surface area contributed by atoms with Crippen LogP contribution in [0.5, 0.6) is 0 Å². The van der Waals surface area contributed by atoms with Gasteiger partial charge in [0.1, 0.15) is 0 Å². The molecular formula is C48H96O2. The summed E-state index contributed by atoms with van der Waals surface area (Å²) in [5, 5.41) is 9.56. The van der Waals surface area contributed by atoms with Gasteiger partial charge in [-0.25, -0.2) is 0 Å². The number of carboxylic acids is 1. The van der Waals surface area contributed by atoms with Gasteiger partial charge in [-0.2, -0.15) is 0 Å². The van der Waals surface area contributed by atoms with Crippen molar-refractivity contribution in [3.63, 3.8) is 0 Å². The zero-order chi connectivity index (χ0) is 36.9. The van der Waals surface area contributed by atoms with Crippen molar-refractivity contribution in [2.45, 2.75) is 285 Å². The molecule has 0 fully saturated rings. The van der Waals surface area contributed by atoms with Crippen LogP contribution in [0, 0.1) is 5.92 Å². The molecule has 0 saturated heterocycles. The first-order valence-electron chi connectivity index (χ1n) is 23.5. The van der Waals surface area contributed by atoms with Gasteiger partial charge in [0, 0.05) is 0 Å². The lowest BCUT2D eigenvalue weighted by Gasteiger charge is -2.12. The van der Waals surface area contributed by atoms with Crippen LogP contribution < -0.4 is 0 Å². The Morgan fingerprint density at radius 2 is 0.600 bits per heavy atom. The van der Waals surface area contributed by atoms with E-state index in [4.69, 9.17) is 0 Å². The molecule has 2 heteroatoms. The van der Waals surface area contributed by atoms with Gasteiger partial charge in [-0.3, -0.25) is 4.79 Å². The summed E-state index contributed by atoms with van der Waals surface area (Å²) in [6.07, 6.45) is 58.5. The number of hydrogen-bond donors (Lipinski definition) is 1. The number of carboxylic acid groups (broad SMARTS) is 1. The monoisotopic (exact) mass is 705 g/mol. The van der Waals surface area contributed by atoms with Crippen LogP contribution in [0.15, 0.2) is 12.2 Å².